The van der Waals surface area contributed by atoms with Crippen LogP contribution >= 0.6 is 0 Å². The van der Waals surface area contributed by atoms with Crippen LogP contribution in [0.3, 0.4) is 0 Å². The lowest BCUT2D eigenvalue weighted by molar-refractivity contribution is -0.153. The maximum absolute atomic E-state index is 11.6. The van der Waals surface area contributed by atoms with E-state index in [4.69, 9.17) is 4.74 Å². The summed E-state index contributed by atoms with van der Waals surface area (Å²) in [6, 6.07) is 12.6. The molecule has 1 unspecified atom stereocenters. The minimum absolute atomic E-state index is 0.238. The number of esters is 1. The van der Waals surface area contributed by atoms with Gasteiger partial charge in [0.15, 0.2) is 6.10 Å². The average Bonchev–Trinajstić information content (AvgIpc) is 2.47. The van der Waals surface area contributed by atoms with Gasteiger partial charge in [-0.2, -0.15) is 0 Å². The largest absolute Gasteiger partial charge is 0.464 e. The fourth-order valence-corrected chi connectivity index (χ4v) is 1.84. The van der Waals surface area contributed by atoms with Gasteiger partial charge < -0.3 is 9.84 Å². The lowest BCUT2D eigenvalue weighted by atomic mass is 9.99. The highest BCUT2D eigenvalue weighted by molar-refractivity contribution is 5.80. The molecule has 1 N–H and O–H groups in total. The van der Waals surface area contributed by atoms with Crippen molar-refractivity contribution in [3.05, 3.63) is 54.2 Å². The van der Waals surface area contributed by atoms with Crippen LogP contribution in [0.2, 0.25) is 0 Å². The zero-order chi connectivity index (χ0) is 13.7. The van der Waals surface area contributed by atoms with E-state index in [1.807, 2.05) is 30.3 Å². The second-order valence-electron chi connectivity index (χ2n) is 3.96. The van der Waals surface area contributed by atoms with Crippen LogP contribution in [0.4, 0.5) is 0 Å². The van der Waals surface area contributed by atoms with Crippen LogP contribution in [-0.4, -0.2) is 22.7 Å². The normalized spacial score (nSPS) is 11.9. The predicted octanol–water partition coefficient (Wildman–Crippen LogP) is 2.35. The molecule has 98 valence electrons. The first-order chi connectivity index (χ1) is 9.24. The molecule has 2 rings (SSSR count). The average molecular weight is 257 g/mol. The molecule has 0 saturated heterocycles. The molecular formula is C15H15NO3. The number of aliphatic hydroxyl groups excluding tert-OH is 1. The quantitative estimate of drug-likeness (QED) is 0.854. The lowest BCUT2D eigenvalue weighted by Gasteiger charge is -2.14. The van der Waals surface area contributed by atoms with E-state index >= 15 is 0 Å². The number of hydrogen-bond donors (Lipinski definition) is 1. The summed E-state index contributed by atoms with van der Waals surface area (Å²) in [7, 11) is 0. The van der Waals surface area contributed by atoms with Crippen LogP contribution in [0.5, 0.6) is 0 Å². The highest BCUT2D eigenvalue weighted by Crippen LogP contribution is 2.27. The molecule has 19 heavy (non-hydrogen) atoms. The van der Waals surface area contributed by atoms with E-state index in [-0.39, 0.29) is 6.61 Å². The summed E-state index contributed by atoms with van der Waals surface area (Å²) in [6.45, 7) is 1.94. The number of hydrogen-bond acceptors (Lipinski definition) is 4. The number of nitrogens with zero attached hydrogens (tertiary/aromatic N) is 1. The molecule has 1 aromatic heterocycles. The third-order valence-electron chi connectivity index (χ3n) is 2.71. The first kappa shape index (κ1) is 13.2. The molecule has 0 aliphatic rings. The molecule has 4 heteroatoms. The third kappa shape index (κ3) is 2.98. The standard InChI is InChI=1S/C15H15NO3/c1-2-19-15(18)14(17)12-8-4-3-7-11(12)13-9-5-6-10-16-13/h3-10,14,17H,2H2,1H3. The first-order valence-electron chi connectivity index (χ1n) is 6.09. The number of carbonyl (C=O) groups excluding carboxylic acids is 1. The molecule has 0 amide bonds. The third-order valence-corrected chi connectivity index (χ3v) is 2.71. The molecule has 0 spiro atoms. The van der Waals surface area contributed by atoms with Gasteiger partial charge in [-0.3, -0.25) is 4.98 Å². The van der Waals surface area contributed by atoms with Crippen molar-refractivity contribution < 1.29 is 14.6 Å². The number of ether oxygens (including phenoxy) is 1. The summed E-state index contributed by atoms with van der Waals surface area (Å²) in [5.74, 6) is -0.647. The van der Waals surface area contributed by atoms with Crippen LogP contribution in [0.1, 0.15) is 18.6 Å². The maximum atomic E-state index is 11.6. The highest BCUT2D eigenvalue weighted by Gasteiger charge is 2.22. The number of pyridine rings is 1. The summed E-state index contributed by atoms with van der Waals surface area (Å²) >= 11 is 0. The fraction of sp³-hybridized carbons (Fsp3) is 0.200. The zero-order valence-electron chi connectivity index (χ0n) is 10.6. The molecule has 0 aliphatic heterocycles. The Hall–Kier alpha value is -2.20. The highest BCUT2D eigenvalue weighted by atomic mass is 16.5. The monoisotopic (exact) mass is 257 g/mol. The minimum Gasteiger partial charge on any atom is -0.464 e. The van der Waals surface area contributed by atoms with E-state index in [0.717, 1.165) is 5.56 Å². The van der Waals surface area contributed by atoms with Crippen molar-refractivity contribution in [2.75, 3.05) is 6.61 Å². The van der Waals surface area contributed by atoms with Crippen LogP contribution in [0, 0.1) is 0 Å². The van der Waals surface area contributed by atoms with Gasteiger partial charge in [0, 0.05) is 17.3 Å². The molecule has 0 radical (unpaired) electrons. The molecule has 0 fully saturated rings. The van der Waals surface area contributed by atoms with Crippen LogP contribution in [0.15, 0.2) is 48.7 Å². The molecule has 0 saturated carbocycles. The van der Waals surface area contributed by atoms with Crippen LogP contribution in [0.25, 0.3) is 11.3 Å². The van der Waals surface area contributed by atoms with Crippen LogP contribution in [-0.2, 0) is 9.53 Å². The Labute approximate surface area is 111 Å². The topological polar surface area (TPSA) is 59.4 Å². The summed E-state index contributed by atoms with van der Waals surface area (Å²) < 4.78 is 4.84. The maximum Gasteiger partial charge on any atom is 0.339 e. The SMILES string of the molecule is CCOC(=O)C(O)c1ccccc1-c1ccccn1. The van der Waals surface area contributed by atoms with E-state index in [1.54, 1.807) is 25.3 Å². The molecule has 1 heterocycles. The number of carbonyl (C=O) groups is 1. The molecule has 4 nitrogen and oxygen atoms in total. The van der Waals surface area contributed by atoms with Crippen molar-refractivity contribution in [2.45, 2.75) is 13.0 Å². The van der Waals surface area contributed by atoms with Gasteiger partial charge in [-0.1, -0.05) is 30.3 Å². The Morgan fingerprint density at radius 2 is 2.00 bits per heavy atom. The number of aromatic nitrogens is 1. The van der Waals surface area contributed by atoms with Crippen molar-refractivity contribution in [3.8, 4) is 11.3 Å². The van der Waals surface area contributed by atoms with E-state index in [2.05, 4.69) is 4.98 Å². The number of aliphatic hydroxyl groups is 1. The van der Waals surface area contributed by atoms with Gasteiger partial charge in [-0.15, -0.1) is 0 Å². The summed E-state index contributed by atoms with van der Waals surface area (Å²) in [5, 5.41) is 10.1. The van der Waals surface area contributed by atoms with Gasteiger partial charge in [-0.05, 0) is 19.1 Å². The Kier molecular flexibility index (Phi) is 4.26. The van der Waals surface area contributed by atoms with Crippen molar-refractivity contribution in [2.24, 2.45) is 0 Å². The molecule has 1 atom stereocenters. The lowest BCUT2D eigenvalue weighted by Crippen LogP contribution is -2.16. The Morgan fingerprint density at radius 3 is 2.68 bits per heavy atom. The van der Waals surface area contributed by atoms with E-state index in [0.29, 0.717) is 11.3 Å². The van der Waals surface area contributed by atoms with E-state index in [1.165, 1.54) is 0 Å². The fourth-order valence-electron chi connectivity index (χ4n) is 1.84. The second kappa shape index (κ2) is 6.11. The van der Waals surface area contributed by atoms with Crippen molar-refractivity contribution >= 4 is 5.97 Å². The predicted molar refractivity (Wildman–Crippen MR) is 71.3 cm³/mol. The zero-order valence-corrected chi connectivity index (χ0v) is 10.6. The Balaban J connectivity index is 2.39. The molecule has 0 bridgehead atoms. The summed E-state index contributed by atoms with van der Waals surface area (Å²) in [4.78, 5) is 15.9. The van der Waals surface area contributed by atoms with Gasteiger partial charge in [0.1, 0.15) is 0 Å². The summed E-state index contributed by atoms with van der Waals surface area (Å²) in [5.41, 5.74) is 1.93. The molecule has 2 aromatic rings. The van der Waals surface area contributed by atoms with E-state index < -0.39 is 12.1 Å². The number of benzene rings is 1. The van der Waals surface area contributed by atoms with Crippen molar-refractivity contribution in [1.29, 1.82) is 0 Å². The van der Waals surface area contributed by atoms with Crippen molar-refractivity contribution in [1.82, 2.24) is 4.98 Å². The van der Waals surface area contributed by atoms with E-state index in [9.17, 15) is 9.90 Å². The van der Waals surface area contributed by atoms with Gasteiger partial charge in [0.25, 0.3) is 0 Å². The summed E-state index contributed by atoms with van der Waals surface area (Å²) in [6.07, 6.45) is 0.376. The minimum atomic E-state index is -1.29. The smallest absolute Gasteiger partial charge is 0.339 e. The van der Waals surface area contributed by atoms with Gasteiger partial charge in [-0.25, -0.2) is 4.79 Å². The molecule has 1 aromatic carbocycles. The van der Waals surface area contributed by atoms with Gasteiger partial charge in [0.2, 0.25) is 0 Å². The van der Waals surface area contributed by atoms with Gasteiger partial charge in [0.05, 0.1) is 12.3 Å². The second-order valence-corrected chi connectivity index (χ2v) is 3.96. The Morgan fingerprint density at radius 1 is 1.26 bits per heavy atom. The first-order valence-corrected chi connectivity index (χ1v) is 6.09. The van der Waals surface area contributed by atoms with Crippen LogP contribution < -0.4 is 0 Å². The van der Waals surface area contributed by atoms with Gasteiger partial charge >= 0.3 is 5.97 Å². The molecule has 0 aliphatic carbocycles. The Bertz CT molecular complexity index is 554. The number of rotatable bonds is 4. The molecular weight excluding hydrogens is 242 g/mol. The van der Waals surface area contributed by atoms with Crippen molar-refractivity contribution in [3.63, 3.8) is 0 Å².